The van der Waals surface area contributed by atoms with E-state index >= 15 is 0 Å². The smallest absolute Gasteiger partial charge is 0.271 e. The molecule has 1 heterocycles. The van der Waals surface area contributed by atoms with Gasteiger partial charge in [0.05, 0.1) is 5.69 Å². The first-order chi connectivity index (χ1) is 9.45. The van der Waals surface area contributed by atoms with E-state index in [4.69, 9.17) is 18.0 Å². The second-order valence-electron chi connectivity index (χ2n) is 4.02. The number of carbonyl (C=O) groups excluding carboxylic acids is 1. The van der Waals surface area contributed by atoms with Crippen LogP contribution >= 0.6 is 12.2 Å². The van der Waals surface area contributed by atoms with Crippen molar-refractivity contribution in [2.75, 3.05) is 10.6 Å². The number of nitrogens with two attached hydrogens (primary N) is 1. The van der Waals surface area contributed by atoms with Crippen molar-refractivity contribution in [3.63, 3.8) is 0 Å². The van der Waals surface area contributed by atoms with Crippen LogP contribution in [0.4, 0.5) is 15.8 Å². The second kappa shape index (κ2) is 5.66. The molecule has 1 aromatic heterocycles. The van der Waals surface area contributed by atoms with E-state index in [1.54, 1.807) is 25.4 Å². The van der Waals surface area contributed by atoms with Crippen LogP contribution in [-0.2, 0) is 7.05 Å². The van der Waals surface area contributed by atoms with E-state index in [1.807, 2.05) is 0 Å². The van der Waals surface area contributed by atoms with Crippen LogP contribution in [-0.4, -0.2) is 20.8 Å². The molecule has 1 aromatic carbocycles. The van der Waals surface area contributed by atoms with Crippen molar-refractivity contribution in [2.45, 2.75) is 0 Å². The van der Waals surface area contributed by atoms with Gasteiger partial charge in [0.1, 0.15) is 5.82 Å². The molecule has 0 saturated carbocycles. The number of rotatable bonds is 3. The van der Waals surface area contributed by atoms with Crippen molar-refractivity contribution >= 4 is 34.6 Å². The lowest BCUT2D eigenvalue weighted by atomic mass is 10.3. The molecule has 8 heteroatoms. The average molecular weight is 293 g/mol. The standard InChI is InChI=1S/C12H12FN5OS/c1-18-6-9(10(17-18)11(14)19)16-12(20)15-8-4-2-3-7(13)5-8/h2-6H,1H3,(H2,14,19)(H2,15,16,20). The van der Waals surface area contributed by atoms with Crippen LogP contribution in [0.2, 0.25) is 0 Å². The van der Waals surface area contributed by atoms with E-state index in [9.17, 15) is 9.18 Å². The number of nitrogens with one attached hydrogen (secondary N) is 2. The van der Waals surface area contributed by atoms with Gasteiger partial charge in [0, 0.05) is 18.9 Å². The molecule has 20 heavy (non-hydrogen) atoms. The van der Waals surface area contributed by atoms with Gasteiger partial charge in [-0.25, -0.2) is 4.39 Å². The largest absolute Gasteiger partial charge is 0.364 e. The summed E-state index contributed by atoms with van der Waals surface area (Å²) < 4.78 is 14.5. The molecule has 0 aliphatic carbocycles. The third-order valence-electron chi connectivity index (χ3n) is 2.39. The fourth-order valence-electron chi connectivity index (χ4n) is 1.61. The van der Waals surface area contributed by atoms with Crippen molar-refractivity contribution in [3.05, 3.63) is 42.0 Å². The normalized spacial score (nSPS) is 10.1. The number of hydrogen-bond acceptors (Lipinski definition) is 3. The fraction of sp³-hybridized carbons (Fsp3) is 0.0833. The number of hydrogen-bond donors (Lipinski definition) is 3. The Morgan fingerprint density at radius 3 is 2.85 bits per heavy atom. The van der Waals surface area contributed by atoms with E-state index in [-0.39, 0.29) is 16.6 Å². The zero-order chi connectivity index (χ0) is 14.7. The van der Waals surface area contributed by atoms with Crippen LogP contribution in [0, 0.1) is 5.82 Å². The lowest BCUT2D eigenvalue weighted by Gasteiger charge is -2.09. The summed E-state index contributed by atoms with van der Waals surface area (Å²) in [5.41, 5.74) is 6.16. The summed E-state index contributed by atoms with van der Waals surface area (Å²) in [5.74, 6) is -1.04. The van der Waals surface area contributed by atoms with Crippen molar-refractivity contribution < 1.29 is 9.18 Å². The van der Waals surface area contributed by atoms with E-state index in [2.05, 4.69) is 15.7 Å². The number of benzene rings is 1. The summed E-state index contributed by atoms with van der Waals surface area (Å²) in [6, 6.07) is 5.84. The molecule has 4 N–H and O–H groups in total. The van der Waals surface area contributed by atoms with Crippen LogP contribution in [0.25, 0.3) is 0 Å². The van der Waals surface area contributed by atoms with Gasteiger partial charge in [0.25, 0.3) is 5.91 Å². The lowest BCUT2D eigenvalue weighted by Crippen LogP contribution is -2.21. The molecule has 104 valence electrons. The van der Waals surface area contributed by atoms with E-state index in [1.165, 1.54) is 16.8 Å². The fourth-order valence-corrected chi connectivity index (χ4v) is 1.84. The van der Waals surface area contributed by atoms with Gasteiger partial charge in [-0.15, -0.1) is 0 Å². The van der Waals surface area contributed by atoms with Crippen molar-refractivity contribution in [3.8, 4) is 0 Å². The van der Waals surface area contributed by atoms with E-state index in [0.717, 1.165) is 0 Å². The molecular weight excluding hydrogens is 281 g/mol. The van der Waals surface area contributed by atoms with Gasteiger partial charge in [-0.1, -0.05) is 6.07 Å². The topological polar surface area (TPSA) is 85.0 Å². The SMILES string of the molecule is Cn1cc(NC(=S)Nc2cccc(F)c2)c(C(N)=O)n1. The van der Waals surface area contributed by atoms with Gasteiger partial charge in [0.15, 0.2) is 10.8 Å². The van der Waals surface area contributed by atoms with Gasteiger partial charge >= 0.3 is 0 Å². The predicted molar refractivity (Wildman–Crippen MR) is 78.0 cm³/mol. The number of carbonyl (C=O) groups is 1. The van der Waals surface area contributed by atoms with Gasteiger partial charge in [-0.2, -0.15) is 5.10 Å². The number of anilines is 2. The number of primary amides is 1. The highest BCUT2D eigenvalue weighted by molar-refractivity contribution is 7.80. The van der Waals surface area contributed by atoms with Crippen molar-refractivity contribution in [2.24, 2.45) is 12.8 Å². The van der Waals surface area contributed by atoms with Crippen LogP contribution in [0.1, 0.15) is 10.5 Å². The van der Waals surface area contributed by atoms with Gasteiger partial charge in [0.2, 0.25) is 0 Å². The molecule has 0 aliphatic rings. The highest BCUT2D eigenvalue weighted by Gasteiger charge is 2.14. The predicted octanol–water partition coefficient (Wildman–Crippen LogP) is 1.47. The molecule has 0 radical (unpaired) electrons. The highest BCUT2D eigenvalue weighted by atomic mass is 32.1. The molecule has 0 saturated heterocycles. The first-order valence-corrected chi connectivity index (χ1v) is 6.03. The quantitative estimate of drug-likeness (QED) is 0.746. The Labute approximate surface area is 119 Å². The van der Waals surface area contributed by atoms with Crippen molar-refractivity contribution in [1.82, 2.24) is 9.78 Å². The summed E-state index contributed by atoms with van der Waals surface area (Å²) in [7, 11) is 1.65. The maximum atomic E-state index is 13.0. The summed E-state index contributed by atoms with van der Waals surface area (Å²) in [6.07, 6.45) is 1.57. The number of nitrogens with zero attached hydrogens (tertiary/aromatic N) is 2. The van der Waals surface area contributed by atoms with E-state index in [0.29, 0.717) is 11.4 Å². The second-order valence-corrected chi connectivity index (χ2v) is 4.43. The maximum Gasteiger partial charge on any atom is 0.271 e. The molecule has 0 unspecified atom stereocenters. The minimum Gasteiger partial charge on any atom is -0.364 e. The van der Waals surface area contributed by atoms with Crippen LogP contribution in [0.15, 0.2) is 30.5 Å². The number of thiocarbonyl (C=S) groups is 1. The zero-order valence-corrected chi connectivity index (χ0v) is 11.4. The summed E-state index contributed by atoms with van der Waals surface area (Å²) in [5, 5.41) is 9.71. The summed E-state index contributed by atoms with van der Waals surface area (Å²) in [4.78, 5) is 11.2. The molecule has 6 nitrogen and oxygen atoms in total. The van der Waals surface area contributed by atoms with Gasteiger partial charge in [-0.05, 0) is 30.4 Å². The Morgan fingerprint density at radius 2 is 2.20 bits per heavy atom. The Hall–Kier alpha value is -2.48. The number of aryl methyl sites for hydroxylation is 1. The van der Waals surface area contributed by atoms with Crippen molar-refractivity contribution in [1.29, 1.82) is 0 Å². The summed E-state index contributed by atoms with van der Waals surface area (Å²) >= 11 is 5.08. The minimum absolute atomic E-state index is 0.0795. The number of amides is 1. The maximum absolute atomic E-state index is 13.0. The highest BCUT2D eigenvalue weighted by Crippen LogP contribution is 2.14. The molecule has 0 bridgehead atoms. The molecule has 1 amide bonds. The molecule has 0 atom stereocenters. The van der Waals surface area contributed by atoms with Crippen LogP contribution in [0.3, 0.4) is 0 Å². The zero-order valence-electron chi connectivity index (χ0n) is 10.6. The van der Waals surface area contributed by atoms with Crippen LogP contribution in [0.5, 0.6) is 0 Å². The summed E-state index contributed by atoms with van der Waals surface area (Å²) in [6.45, 7) is 0. The van der Waals surface area contributed by atoms with E-state index < -0.39 is 5.91 Å². The average Bonchev–Trinajstić information content (AvgIpc) is 2.70. The minimum atomic E-state index is -0.665. The van der Waals surface area contributed by atoms with Crippen LogP contribution < -0.4 is 16.4 Å². The number of aromatic nitrogens is 2. The molecule has 0 fully saturated rings. The molecule has 0 spiro atoms. The monoisotopic (exact) mass is 293 g/mol. The molecular formula is C12H12FN5OS. The Kier molecular flexibility index (Phi) is 3.94. The third-order valence-corrected chi connectivity index (χ3v) is 2.60. The lowest BCUT2D eigenvalue weighted by molar-refractivity contribution is 0.0995. The first-order valence-electron chi connectivity index (χ1n) is 5.62. The Bertz CT molecular complexity index is 670. The first kappa shape index (κ1) is 13.9. The third kappa shape index (κ3) is 3.29. The Morgan fingerprint density at radius 1 is 1.45 bits per heavy atom. The van der Waals surface area contributed by atoms with Gasteiger partial charge in [-0.3, -0.25) is 9.48 Å². The van der Waals surface area contributed by atoms with Gasteiger partial charge < -0.3 is 16.4 Å². The number of halogens is 1. The molecule has 2 aromatic rings. The Balaban J connectivity index is 2.10. The molecule has 2 rings (SSSR count). The molecule has 0 aliphatic heterocycles.